The first-order chi connectivity index (χ1) is 17.7. The van der Waals surface area contributed by atoms with E-state index in [1.54, 1.807) is 0 Å². The summed E-state index contributed by atoms with van der Waals surface area (Å²) in [4.78, 5) is 24.4. The number of para-hydroxylation sites is 2. The zero-order valence-corrected chi connectivity index (χ0v) is 21.1. The van der Waals surface area contributed by atoms with Gasteiger partial charge in [-0.2, -0.15) is 0 Å². The van der Waals surface area contributed by atoms with Crippen LogP contribution in [-0.4, -0.2) is 51.9 Å². The number of nitrogens with zero attached hydrogens (tertiary/aromatic N) is 4. The maximum absolute atomic E-state index is 13.0. The van der Waals surface area contributed by atoms with Gasteiger partial charge in [-0.1, -0.05) is 18.2 Å². The van der Waals surface area contributed by atoms with Crippen molar-refractivity contribution < 1.29 is 9.53 Å². The molecule has 4 heterocycles. The Morgan fingerprint density at radius 1 is 0.944 bits per heavy atom. The predicted octanol–water partition coefficient (Wildman–Crippen LogP) is 6.00. The predicted molar refractivity (Wildman–Crippen MR) is 142 cm³/mol. The SMILES string of the molecule is CCN(CC)C(=O)c1ccc2c(c1)Oc1ccccc1N2C1CC2CCC(C1)N2Cc1cccnc1. The molecule has 3 aliphatic heterocycles. The molecule has 0 spiro atoms. The Bertz CT molecular complexity index is 1230. The van der Waals surface area contributed by atoms with Crippen molar-refractivity contribution in [2.75, 3.05) is 18.0 Å². The molecule has 2 bridgehead atoms. The molecule has 2 fully saturated rings. The molecule has 36 heavy (non-hydrogen) atoms. The Labute approximate surface area is 213 Å². The molecule has 2 unspecified atom stereocenters. The fourth-order valence-corrected chi connectivity index (χ4v) is 6.42. The van der Waals surface area contributed by atoms with E-state index in [9.17, 15) is 4.79 Å². The lowest BCUT2D eigenvalue weighted by atomic mass is 9.93. The van der Waals surface area contributed by atoms with Crippen molar-refractivity contribution in [1.29, 1.82) is 0 Å². The zero-order valence-electron chi connectivity index (χ0n) is 21.1. The van der Waals surface area contributed by atoms with Crippen LogP contribution < -0.4 is 9.64 Å². The number of pyridine rings is 1. The molecule has 0 N–H and O–H groups in total. The molecule has 6 nitrogen and oxygen atoms in total. The highest BCUT2D eigenvalue weighted by molar-refractivity contribution is 5.96. The van der Waals surface area contributed by atoms with Gasteiger partial charge in [0.1, 0.15) is 0 Å². The number of rotatable bonds is 6. The molecule has 0 saturated carbocycles. The van der Waals surface area contributed by atoms with Crippen molar-refractivity contribution in [3.8, 4) is 11.5 Å². The van der Waals surface area contributed by atoms with E-state index in [0.717, 1.165) is 42.3 Å². The molecule has 1 aromatic heterocycles. The van der Waals surface area contributed by atoms with Crippen LogP contribution in [0.4, 0.5) is 11.4 Å². The molecule has 0 radical (unpaired) electrons. The minimum absolute atomic E-state index is 0.0542. The second kappa shape index (κ2) is 9.58. The molecule has 1 amide bonds. The summed E-state index contributed by atoms with van der Waals surface area (Å²) in [5.41, 5.74) is 4.16. The van der Waals surface area contributed by atoms with Crippen LogP contribution in [0.1, 0.15) is 55.5 Å². The summed E-state index contributed by atoms with van der Waals surface area (Å²) in [7, 11) is 0. The summed E-state index contributed by atoms with van der Waals surface area (Å²) in [6.07, 6.45) is 8.57. The number of carbonyl (C=O) groups is 1. The molecule has 186 valence electrons. The summed E-state index contributed by atoms with van der Waals surface area (Å²) in [5.74, 6) is 1.69. The number of fused-ring (bicyclic) bond motifs is 4. The third-order valence-corrected chi connectivity index (χ3v) is 8.17. The summed E-state index contributed by atoms with van der Waals surface area (Å²) in [6.45, 7) is 6.40. The Morgan fingerprint density at radius 2 is 1.69 bits per heavy atom. The number of hydrogen-bond donors (Lipinski definition) is 0. The summed E-state index contributed by atoms with van der Waals surface area (Å²) in [6, 6.07) is 20.0. The van der Waals surface area contributed by atoms with Crippen LogP contribution in [0, 0.1) is 0 Å². The second-order valence-electron chi connectivity index (χ2n) is 10.1. The van der Waals surface area contributed by atoms with Crippen molar-refractivity contribution in [2.45, 2.75) is 64.2 Å². The number of anilines is 2. The van der Waals surface area contributed by atoms with Gasteiger partial charge in [0.2, 0.25) is 0 Å². The van der Waals surface area contributed by atoms with Crippen LogP contribution in [0.2, 0.25) is 0 Å². The number of hydrogen-bond acceptors (Lipinski definition) is 5. The summed E-state index contributed by atoms with van der Waals surface area (Å²) >= 11 is 0. The topological polar surface area (TPSA) is 48.9 Å². The fraction of sp³-hybridized carbons (Fsp3) is 0.400. The van der Waals surface area contributed by atoms with E-state index >= 15 is 0 Å². The van der Waals surface area contributed by atoms with Crippen molar-refractivity contribution in [3.05, 3.63) is 78.1 Å². The Balaban J connectivity index is 1.31. The second-order valence-corrected chi connectivity index (χ2v) is 10.1. The molecule has 3 aliphatic rings. The smallest absolute Gasteiger partial charge is 0.253 e. The number of carbonyl (C=O) groups excluding carboxylic acids is 1. The van der Waals surface area contributed by atoms with Gasteiger partial charge in [-0.05, 0) is 81.5 Å². The van der Waals surface area contributed by atoms with Gasteiger partial charge in [-0.15, -0.1) is 0 Å². The largest absolute Gasteiger partial charge is 0.453 e. The highest BCUT2D eigenvalue weighted by Gasteiger charge is 2.44. The molecule has 6 rings (SSSR count). The van der Waals surface area contributed by atoms with Gasteiger partial charge < -0.3 is 14.5 Å². The van der Waals surface area contributed by atoms with Crippen LogP contribution in [0.5, 0.6) is 11.5 Å². The molecule has 2 saturated heterocycles. The van der Waals surface area contributed by atoms with Gasteiger partial charge in [0, 0.05) is 55.7 Å². The van der Waals surface area contributed by atoms with Gasteiger partial charge in [-0.3, -0.25) is 14.7 Å². The van der Waals surface area contributed by atoms with Gasteiger partial charge in [0.25, 0.3) is 5.91 Å². The van der Waals surface area contributed by atoms with Crippen molar-refractivity contribution in [3.63, 3.8) is 0 Å². The molecule has 2 atom stereocenters. The van der Waals surface area contributed by atoms with Gasteiger partial charge >= 0.3 is 0 Å². The van der Waals surface area contributed by atoms with Crippen molar-refractivity contribution in [1.82, 2.24) is 14.8 Å². The third kappa shape index (κ3) is 4.03. The standard InChI is InChI=1S/C30H34N4O2/c1-3-32(4-2)30(35)22-11-14-27-29(16-22)36-28-10-6-5-9-26(28)34(27)25-17-23-12-13-24(18-25)33(23)20-21-8-7-15-31-19-21/h5-11,14-16,19,23-25H,3-4,12-13,17-18,20H2,1-2H3. The highest BCUT2D eigenvalue weighted by Crippen LogP contribution is 2.51. The first-order valence-corrected chi connectivity index (χ1v) is 13.3. The number of amides is 1. The van der Waals surface area contributed by atoms with Gasteiger partial charge in [0.15, 0.2) is 11.5 Å². The number of aromatic nitrogens is 1. The Morgan fingerprint density at radius 3 is 2.42 bits per heavy atom. The van der Waals surface area contributed by atoms with E-state index in [1.165, 1.54) is 18.4 Å². The first kappa shape index (κ1) is 23.0. The van der Waals surface area contributed by atoms with Crippen molar-refractivity contribution in [2.24, 2.45) is 0 Å². The molecule has 6 heteroatoms. The minimum atomic E-state index is 0.0542. The van der Waals surface area contributed by atoms with Crippen LogP contribution >= 0.6 is 0 Å². The molecule has 2 aromatic carbocycles. The Hall–Kier alpha value is -3.38. The average molecular weight is 483 g/mol. The third-order valence-electron chi connectivity index (χ3n) is 8.17. The first-order valence-electron chi connectivity index (χ1n) is 13.3. The van der Waals surface area contributed by atoms with Gasteiger partial charge in [-0.25, -0.2) is 0 Å². The van der Waals surface area contributed by atoms with Crippen LogP contribution in [-0.2, 0) is 6.54 Å². The molecular formula is C30H34N4O2. The van der Waals surface area contributed by atoms with Crippen LogP contribution in [0.3, 0.4) is 0 Å². The van der Waals surface area contributed by atoms with E-state index in [4.69, 9.17) is 4.74 Å². The number of benzene rings is 2. The highest BCUT2D eigenvalue weighted by atomic mass is 16.5. The van der Waals surface area contributed by atoms with Crippen LogP contribution in [0.15, 0.2) is 67.0 Å². The summed E-state index contributed by atoms with van der Waals surface area (Å²) < 4.78 is 6.38. The number of ether oxygens (including phenoxy) is 1. The van der Waals surface area contributed by atoms with E-state index in [1.807, 2.05) is 61.5 Å². The maximum atomic E-state index is 13.0. The normalized spacial score (nSPS) is 22.5. The summed E-state index contributed by atoms with van der Waals surface area (Å²) in [5, 5.41) is 0. The number of piperidine rings is 1. The quantitative estimate of drug-likeness (QED) is 0.431. The lowest BCUT2D eigenvalue weighted by Gasteiger charge is -2.46. The van der Waals surface area contributed by atoms with E-state index < -0.39 is 0 Å². The molecular weight excluding hydrogens is 448 g/mol. The van der Waals surface area contributed by atoms with Gasteiger partial charge in [0.05, 0.1) is 11.4 Å². The van der Waals surface area contributed by atoms with E-state index in [-0.39, 0.29) is 5.91 Å². The Kier molecular flexibility index (Phi) is 6.13. The molecule has 0 aliphatic carbocycles. The van der Waals surface area contributed by atoms with Crippen molar-refractivity contribution >= 4 is 17.3 Å². The lowest BCUT2D eigenvalue weighted by Crippen LogP contribution is -2.49. The van der Waals surface area contributed by atoms with E-state index in [0.29, 0.717) is 36.8 Å². The maximum Gasteiger partial charge on any atom is 0.253 e. The lowest BCUT2D eigenvalue weighted by molar-refractivity contribution is 0.0772. The zero-order chi connectivity index (χ0) is 24.6. The monoisotopic (exact) mass is 482 g/mol. The minimum Gasteiger partial charge on any atom is -0.453 e. The van der Waals surface area contributed by atoms with E-state index in [2.05, 4.69) is 39.0 Å². The fourth-order valence-electron chi connectivity index (χ4n) is 6.42. The molecule has 3 aromatic rings. The average Bonchev–Trinajstić information content (AvgIpc) is 3.14. The van der Waals surface area contributed by atoms with Crippen LogP contribution in [0.25, 0.3) is 0 Å².